The van der Waals surface area contributed by atoms with Crippen molar-refractivity contribution in [1.82, 2.24) is 19.5 Å². The van der Waals surface area contributed by atoms with Crippen LogP contribution in [-0.4, -0.2) is 19.5 Å². The number of nitrogens with zero attached hydrogens (tertiary/aromatic N) is 3. The minimum absolute atomic E-state index is 0.102. The zero-order valence-electron chi connectivity index (χ0n) is 11.3. The molecule has 0 bridgehead atoms. The first-order valence-electron chi connectivity index (χ1n) is 6.31. The van der Waals surface area contributed by atoms with Gasteiger partial charge in [-0.2, -0.15) is 4.98 Å². The minimum atomic E-state index is -0.313. The number of nitrogens with two attached hydrogens (primary N) is 1. The molecule has 0 aliphatic carbocycles. The summed E-state index contributed by atoms with van der Waals surface area (Å²) in [5, 5.41) is 0. The second-order valence-corrected chi connectivity index (χ2v) is 4.99. The van der Waals surface area contributed by atoms with E-state index in [1.54, 1.807) is 6.33 Å². The molecule has 2 aromatic heterocycles. The molecule has 0 spiro atoms. The van der Waals surface area contributed by atoms with Gasteiger partial charge < -0.3 is 10.3 Å². The van der Waals surface area contributed by atoms with Gasteiger partial charge in [0.1, 0.15) is 0 Å². The summed E-state index contributed by atoms with van der Waals surface area (Å²) in [4.78, 5) is 22.4. The van der Waals surface area contributed by atoms with Crippen LogP contribution in [0.3, 0.4) is 0 Å². The average molecular weight is 269 g/mol. The van der Waals surface area contributed by atoms with Crippen molar-refractivity contribution in [3.63, 3.8) is 0 Å². The fourth-order valence-corrected chi connectivity index (χ4v) is 2.44. The van der Waals surface area contributed by atoms with E-state index in [0.717, 1.165) is 5.56 Å². The molecule has 3 N–H and O–H groups in total. The molecule has 6 nitrogen and oxygen atoms in total. The summed E-state index contributed by atoms with van der Waals surface area (Å²) in [6.07, 6.45) is 1.62. The Morgan fingerprint density at radius 2 is 1.95 bits per heavy atom. The topological polar surface area (TPSA) is 89.6 Å². The summed E-state index contributed by atoms with van der Waals surface area (Å²) in [6.45, 7) is 4.72. The van der Waals surface area contributed by atoms with Crippen LogP contribution in [0.2, 0.25) is 0 Å². The Kier molecular flexibility index (Phi) is 2.78. The molecule has 0 saturated carbocycles. The number of nitrogen functional groups attached to an aromatic ring is 1. The van der Waals surface area contributed by atoms with Crippen molar-refractivity contribution in [2.45, 2.75) is 20.4 Å². The third kappa shape index (κ3) is 2.16. The van der Waals surface area contributed by atoms with Gasteiger partial charge in [-0.25, -0.2) is 4.98 Å². The first kappa shape index (κ1) is 12.4. The van der Waals surface area contributed by atoms with Crippen molar-refractivity contribution in [2.24, 2.45) is 0 Å². The number of nitrogens with one attached hydrogen (secondary N) is 1. The number of aryl methyl sites for hydroxylation is 2. The molecular weight excluding hydrogens is 254 g/mol. The molecule has 6 heteroatoms. The van der Waals surface area contributed by atoms with E-state index in [4.69, 9.17) is 5.73 Å². The highest BCUT2D eigenvalue weighted by Gasteiger charge is 2.09. The lowest BCUT2D eigenvalue weighted by Gasteiger charge is -2.07. The molecule has 20 heavy (non-hydrogen) atoms. The van der Waals surface area contributed by atoms with Crippen LogP contribution in [0.25, 0.3) is 11.2 Å². The number of aromatic amines is 1. The van der Waals surface area contributed by atoms with Gasteiger partial charge >= 0.3 is 0 Å². The minimum Gasteiger partial charge on any atom is -0.369 e. The number of hydrogen-bond acceptors (Lipinski definition) is 4. The first-order chi connectivity index (χ1) is 9.52. The largest absolute Gasteiger partial charge is 0.369 e. The second kappa shape index (κ2) is 4.48. The van der Waals surface area contributed by atoms with Gasteiger partial charge in [0.15, 0.2) is 11.2 Å². The fourth-order valence-electron chi connectivity index (χ4n) is 2.44. The Hall–Kier alpha value is -2.63. The van der Waals surface area contributed by atoms with Crippen LogP contribution in [0.4, 0.5) is 5.95 Å². The first-order valence-corrected chi connectivity index (χ1v) is 6.31. The molecule has 0 radical (unpaired) electrons. The molecule has 0 atom stereocenters. The van der Waals surface area contributed by atoms with E-state index in [2.05, 4.69) is 47.0 Å². The van der Waals surface area contributed by atoms with Gasteiger partial charge in [0.25, 0.3) is 5.56 Å². The van der Waals surface area contributed by atoms with Crippen molar-refractivity contribution in [1.29, 1.82) is 0 Å². The molecule has 0 unspecified atom stereocenters. The van der Waals surface area contributed by atoms with E-state index >= 15 is 0 Å². The van der Waals surface area contributed by atoms with Gasteiger partial charge in [-0.3, -0.25) is 9.78 Å². The Morgan fingerprint density at radius 1 is 1.25 bits per heavy atom. The quantitative estimate of drug-likeness (QED) is 0.735. The molecule has 3 rings (SSSR count). The summed E-state index contributed by atoms with van der Waals surface area (Å²) in [7, 11) is 0. The maximum absolute atomic E-state index is 11.7. The van der Waals surface area contributed by atoms with Gasteiger partial charge in [0, 0.05) is 0 Å². The van der Waals surface area contributed by atoms with E-state index in [-0.39, 0.29) is 11.5 Å². The van der Waals surface area contributed by atoms with Crippen LogP contribution in [0.5, 0.6) is 0 Å². The van der Waals surface area contributed by atoms with E-state index < -0.39 is 0 Å². The van der Waals surface area contributed by atoms with E-state index in [1.807, 2.05) is 4.57 Å². The highest BCUT2D eigenvalue weighted by atomic mass is 16.1. The number of anilines is 1. The van der Waals surface area contributed by atoms with Gasteiger partial charge in [0.05, 0.1) is 12.9 Å². The van der Waals surface area contributed by atoms with Gasteiger partial charge in [-0.15, -0.1) is 0 Å². The lowest BCUT2D eigenvalue weighted by Crippen LogP contribution is -2.12. The zero-order valence-corrected chi connectivity index (χ0v) is 11.3. The standard InChI is InChI=1S/C14H15N5O/c1-8-3-9(2)5-10(4-8)6-19-7-16-11-12(19)17-14(15)18-13(11)20/h3-5,7H,6H2,1-2H3,(H3,15,17,18,20). The summed E-state index contributed by atoms with van der Waals surface area (Å²) in [6, 6.07) is 6.33. The zero-order chi connectivity index (χ0) is 14.3. The van der Waals surface area contributed by atoms with Crippen LogP contribution in [-0.2, 0) is 6.54 Å². The van der Waals surface area contributed by atoms with Crippen molar-refractivity contribution < 1.29 is 0 Å². The molecule has 102 valence electrons. The number of imidazole rings is 1. The monoisotopic (exact) mass is 269 g/mol. The third-order valence-corrected chi connectivity index (χ3v) is 3.13. The van der Waals surface area contributed by atoms with Crippen LogP contribution in [0, 0.1) is 13.8 Å². The van der Waals surface area contributed by atoms with Crippen LogP contribution < -0.4 is 11.3 Å². The van der Waals surface area contributed by atoms with E-state index in [1.165, 1.54) is 11.1 Å². The fraction of sp³-hybridized carbons (Fsp3) is 0.214. The number of rotatable bonds is 2. The SMILES string of the molecule is Cc1cc(C)cc(Cn2cnc3c(=O)[nH]c(N)nc32)c1. The summed E-state index contributed by atoms with van der Waals surface area (Å²) < 4.78 is 1.83. The molecule has 1 aromatic carbocycles. The second-order valence-electron chi connectivity index (χ2n) is 4.99. The molecule has 2 heterocycles. The van der Waals surface area contributed by atoms with E-state index in [0.29, 0.717) is 17.7 Å². The maximum Gasteiger partial charge on any atom is 0.280 e. The predicted octanol–water partition coefficient (Wildman–Crippen LogP) is 1.37. The molecule has 0 fully saturated rings. The number of aromatic nitrogens is 4. The average Bonchev–Trinajstić information content (AvgIpc) is 2.71. The highest BCUT2D eigenvalue weighted by Crippen LogP contribution is 2.13. The molecule has 3 aromatic rings. The van der Waals surface area contributed by atoms with Gasteiger partial charge in [-0.1, -0.05) is 29.3 Å². The lowest BCUT2D eigenvalue weighted by molar-refractivity contribution is 0.812. The van der Waals surface area contributed by atoms with Crippen molar-refractivity contribution >= 4 is 17.1 Å². The Balaban J connectivity index is 2.09. The Labute approximate surface area is 115 Å². The summed E-state index contributed by atoms with van der Waals surface area (Å²) in [5.41, 5.74) is 9.64. The number of benzene rings is 1. The number of H-pyrrole nitrogens is 1. The molecule has 0 amide bonds. The highest BCUT2D eigenvalue weighted by molar-refractivity contribution is 5.70. The lowest BCUT2D eigenvalue weighted by atomic mass is 10.1. The van der Waals surface area contributed by atoms with Crippen molar-refractivity contribution in [3.05, 3.63) is 51.6 Å². The number of fused-ring (bicyclic) bond motifs is 1. The van der Waals surface area contributed by atoms with Gasteiger partial charge in [-0.05, 0) is 19.4 Å². The smallest absolute Gasteiger partial charge is 0.280 e. The van der Waals surface area contributed by atoms with Crippen molar-refractivity contribution in [3.8, 4) is 0 Å². The molecule has 0 aliphatic rings. The number of hydrogen-bond donors (Lipinski definition) is 2. The summed E-state index contributed by atoms with van der Waals surface area (Å²) in [5.74, 6) is 0.102. The van der Waals surface area contributed by atoms with E-state index in [9.17, 15) is 4.79 Å². The molecule has 0 saturated heterocycles. The van der Waals surface area contributed by atoms with Crippen LogP contribution >= 0.6 is 0 Å². The normalized spacial score (nSPS) is 11.1. The van der Waals surface area contributed by atoms with Crippen molar-refractivity contribution in [2.75, 3.05) is 5.73 Å². The van der Waals surface area contributed by atoms with Crippen LogP contribution in [0.1, 0.15) is 16.7 Å². The van der Waals surface area contributed by atoms with Crippen LogP contribution in [0.15, 0.2) is 29.3 Å². The molecular formula is C14H15N5O. The Morgan fingerprint density at radius 3 is 2.65 bits per heavy atom. The summed E-state index contributed by atoms with van der Waals surface area (Å²) >= 11 is 0. The van der Waals surface area contributed by atoms with Gasteiger partial charge in [0.2, 0.25) is 5.95 Å². The predicted molar refractivity (Wildman–Crippen MR) is 77.6 cm³/mol. The third-order valence-electron chi connectivity index (χ3n) is 3.13. The molecule has 0 aliphatic heterocycles. The maximum atomic E-state index is 11.7. The Bertz CT molecular complexity index is 826.